The smallest absolute Gasteiger partial charge is 0.317 e. The van der Waals surface area contributed by atoms with Crippen molar-refractivity contribution in [1.82, 2.24) is 35.1 Å². The van der Waals surface area contributed by atoms with E-state index in [2.05, 4.69) is 20.6 Å². The standard InChI is InChI=1S/C20H27N7O3/c1-14-5-7-21-9-15(14)18(28)26-8-4-6-20(12-26)13-27-17(11-30-20)16(23-24-27)10-22-19(29)25(2)3/h5,7,9H,4,6,8,10-13H2,1-3H3,(H,22,29). The van der Waals surface area contributed by atoms with Crippen LogP contribution in [-0.4, -0.2) is 74.5 Å². The Labute approximate surface area is 175 Å². The third-order valence-electron chi connectivity index (χ3n) is 5.78. The topological polar surface area (TPSA) is 105 Å². The van der Waals surface area contributed by atoms with Crippen LogP contribution in [-0.2, 0) is 24.4 Å². The van der Waals surface area contributed by atoms with E-state index in [1.807, 2.05) is 22.6 Å². The van der Waals surface area contributed by atoms with Crippen molar-refractivity contribution in [3.8, 4) is 0 Å². The zero-order chi connectivity index (χ0) is 21.3. The summed E-state index contributed by atoms with van der Waals surface area (Å²) in [6.07, 6.45) is 5.04. The molecule has 30 heavy (non-hydrogen) atoms. The summed E-state index contributed by atoms with van der Waals surface area (Å²) in [4.78, 5) is 32.3. The Hall–Kier alpha value is -3.01. The summed E-state index contributed by atoms with van der Waals surface area (Å²) in [5.41, 5.74) is 2.64. The highest BCUT2D eigenvalue weighted by atomic mass is 16.5. The number of likely N-dealkylation sites (tertiary alicyclic amines) is 1. The van der Waals surface area contributed by atoms with Gasteiger partial charge in [0.15, 0.2) is 0 Å². The fraction of sp³-hybridized carbons (Fsp3) is 0.550. The molecule has 3 amide bonds. The fourth-order valence-electron chi connectivity index (χ4n) is 4.02. The highest BCUT2D eigenvalue weighted by Gasteiger charge is 2.42. The predicted octanol–water partition coefficient (Wildman–Crippen LogP) is 0.958. The lowest BCUT2D eigenvalue weighted by Gasteiger charge is -2.44. The minimum atomic E-state index is -0.477. The van der Waals surface area contributed by atoms with Gasteiger partial charge in [-0.3, -0.25) is 9.78 Å². The van der Waals surface area contributed by atoms with Gasteiger partial charge in [0, 0.05) is 33.0 Å². The second-order valence-electron chi connectivity index (χ2n) is 8.19. The normalized spacial score (nSPS) is 20.7. The summed E-state index contributed by atoms with van der Waals surface area (Å²) < 4.78 is 8.15. The lowest BCUT2D eigenvalue weighted by molar-refractivity contribution is -0.122. The number of hydrogen-bond donors (Lipinski definition) is 1. The van der Waals surface area contributed by atoms with Crippen LogP contribution in [0.3, 0.4) is 0 Å². The van der Waals surface area contributed by atoms with Crippen molar-refractivity contribution in [2.24, 2.45) is 0 Å². The van der Waals surface area contributed by atoms with Gasteiger partial charge in [-0.15, -0.1) is 5.10 Å². The SMILES string of the molecule is Cc1ccncc1C(=O)N1CCCC2(C1)Cn1nnc(CNC(=O)N(C)C)c1CO2. The molecular formula is C20H27N7O3. The second-order valence-corrected chi connectivity index (χ2v) is 8.19. The van der Waals surface area contributed by atoms with Crippen molar-refractivity contribution in [3.63, 3.8) is 0 Å². The molecule has 2 aromatic rings. The first kappa shape index (κ1) is 20.3. The van der Waals surface area contributed by atoms with Gasteiger partial charge in [0.1, 0.15) is 11.3 Å². The molecule has 2 aromatic heterocycles. The van der Waals surface area contributed by atoms with Gasteiger partial charge in [-0.25, -0.2) is 9.48 Å². The number of carbonyl (C=O) groups is 2. The van der Waals surface area contributed by atoms with Crippen molar-refractivity contribution in [2.45, 2.75) is 45.1 Å². The maximum absolute atomic E-state index is 13.1. The van der Waals surface area contributed by atoms with Gasteiger partial charge in [-0.1, -0.05) is 5.21 Å². The lowest BCUT2D eigenvalue weighted by Crippen LogP contribution is -2.55. The maximum Gasteiger partial charge on any atom is 0.317 e. The molecule has 4 rings (SSSR count). The summed E-state index contributed by atoms with van der Waals surface area (Å²) in [7, 11) is 3.37. The zero-order valence-electron chi connectivity index (χ0n) is 17.6. The molecule has 0 saturated carbocycles. The zero-order valence-corrected chi connectivity index (χ0v) is 17.6. The first-order valence-electron chi connectivity index (χ1n) is 10.1. The molecule has 0 radical (unpaired) electrons. The molecule has 0 aliphatic carbocycles. The molecule has 1 unspecified atom stereocenters. The minimum absolute atomic E-state index is 0.0141. The Morgan fingerprint density at radius 2 is 2.17 bits per heavy atom. The number of piperidine rings is 1. The predicted molar refractivity (Wildman–Crippen MR) is 108 cm³/mol. The monoisotopic (exact) mass is 413 g/mol. The molecule has 4 heterocycles. The van der Waals surface area contributed by atoms with Crippen molar-refractivity contribution >= 4 is 11.9 Å². The number of carbonyl (C=O) groups excluding carboxylic acids is 2. The molecule has 10 nitrogen and oxygen atoms in total. The van der Waals surface area contributed by atoms with Crippen molar-refractivity contribution < 1.29 is 14.3 Å². The molecule has 0 aromatic carbocycles. The van der Waals surface area contributed by atoms with Crippen LogP contribution in [0.5, 0.6) is 0 Å². The van der Waals surface area contributed by atoms with E-state index < -0.39 is 5.60 Å². The minimum Gasteiger partial charge on any atom is -0.365 e. The molecule has 1 N–H and O–H groups in total. The highest BCUT2D eigenvalue weighted by Crippen LogP contribution is 2.33. The quantitative estimate of drug-likeness (QED) is 0.804. The van der Waals surface area contributed by atoms with E-state index >= 15 is 0 Å². The maximum atomic E-state index is 13.1. The van der Waals surface area contributed by atoms with Gasteiger partial charge in [0.25, 0.3) is 5.91 Å². The number of urea groups is 1. The van der Waals surface area contributed by atoms with E-state index in [0.717, 1.165) is 24.1 Å². The highest BCUT2D eigenvalue weighted by molar-refractivity contribution is 5.95. The number of nitrogens with one attached hydrogen (secondary N) is 1. The Kier molecular flexibility index (Phi) is 5.42. The first-order chi connectivity index (χ1) is 14.4. The number of fused-ring (bicyclic) bond motifs is 1. The van der Waals surface area contributed by atoms with Crippen LogP contribution in [0.25, 0.3) is 0 Å². The Balaban J connectivity index is 1.46. The van der Waals surface area contributed by atoms with E-state index in [4.69, 9.17) is 4.74 Å². The average molecular weight is 413 g/mol. The number of aromatic nitrogens is 4. The summed E-state index contributed by atoms with van der Waals surface area (Å²) in [6.45, 7) is 4.31. The summed E-state index contributed by atoms with van der Waals surface area (Å²) in [5, 5.41) is 11.3. The number of rotatable bonds is 3. The number of pyridine rings is 1. The molecule has 2 aliphatic heterocycles. The van der Waals surface area contributed by atoms with Crippen molar-refractivity contribution in [3.05, 3.63) is 41.0 Å². The van der Waals surface area contributed by atoms with Crippen LogP contribution in [0.1, 0.15) is 40.2 Å². The lowest BCUT2D eigenvalue weighted by atomic mass is 9.90. The molecule has 0 bridgehead atoms. The van der Waals surface area contributed by atoms with Crippen molar-refractivity contribution in [1.29, 1.82) is 0 Å². The third kappa shape index (κ3) is 3.87. The Morgan fingerprint density at radius 3 is 2.93 bits per heavy atom. The van der Waals surface area contributed by atoms with Gasteiger partial charge in [0.05, 0.1) is 37.5 Å². The number of hydrogen-bond acceptors (Lipinski definition) is 6. The largest absolute Gasteiger partial charge is 0.365 e. The first-order valence-corrected chi connectivity index (χ1v) is 10.1. The van der Waals surface area contributed by atoms with Gasteiger partial charge < -0.3 is 19.9 Å². The Morgan fingerprint density at radius 1 is 1.33 bits per heavy atom. The summed E-state index contributed by atoms with van der Waals surface area (Å²) >= 11 is 0. The van der Waals surface area contributed by atoms with Crippen LogP contribution in [0.2, 0.25) is 0 Å². The van der Waals surface area contributed by atoms with E-state index in [1.54, 1.807) is 26.5 Å². The van der Waals surface area contributed by atoms with Gasteiger partial charge >= 0.3 is 6.03 Å². The van der Waals surface area contributed by atoms with Crippen LogP contribution >= 0.6 is 0 Å². The molecule has 1 fully saturated rings. The summed E-state index contributed by atoms with van der Waals surface area (Å²) in [6, 6.07) is 1.67. The Bertz CT molecular complexity index is 958. The van der Waals surface area contributed by atoms with Crippen LogP contribution in [0.4, 0.5) is 4.79 Å². The van der Waals surface area contributed by atoms with Gasteiger partial charge in [0.2, 0.25) is 0 Å². The average Bonchev–Trinajstić information content (AvgIpc) is 3.13. The molecule has 10 heteroatoms. The third-order valence-corrected chi connectivity index (χ3v) is 5.78. The van der Waals surface area contributed by atoms with E-state index in [-0.39, 0.29) is 11.9 Å². The van der Waals surface area contributed by atoms with Crippen LogP contribution in [0, 0.1) is 6.92 Å². The molecule has 160 valence electrons. The number of ether oxygens (including phenoxy) is 1. The fourth-order valence-corrected chi connectivity index (χ4v) is 4.02. The number of aryl methyl sites for hydroxylation is 1. The van der Waals surface area contributed by atoms with Crippen LogP contribution < -0.4 is 5.32 Å². The van der Waals surface area contributed by atoms with E-state index in [1.165, 1.54) is 4.90 Å². The molecular weight excluding hydrogens is 386 g/mol. The number of amides is 3. The van der Waals surface area contributed by atoms with Crippen LogP contribution in [0.15, 0.2) is 18.5 Å². The van der Waals surface area contributed by atoms with E-state index in [0.29, 0.717) is 44.0 Å². The van der Waals surface area contributed by atoms with Crippen molar-refractivity contribution in [2.75, 3.05) is 27.2 Å². The molecule has 1 saturated heterocycles. The summed E-state index contributed by atoms with van der Waals surface area (Å²) in [5.74, 6) is -0.0141. The van der Waals surface area contributed by atoms with Gasteiger partial charge in [-0.05, 0) is 31.4 Å². The molecule has 1 spiro atoms. The second kappa shape index (κ2) is 8.02. The molecule has 2 aliphatic rings. The molecule has 1 atom stereocenters. The van der Waals surface area contributed by atoms with E-state index in [9.17, 15) is 9.59 Å². The number of nitrogens with zero attached hydrogens (tertiary/aromatic N) is 6. The van der Waals surface area contributed by atoms with Gasteiger partial charge in [-0.2, -0.15) is 0 Å².